The maximum atomic E-state index is 11.4. The van der Waals surface area contributed by atoms with Crippen molar-refractivity contribution in [1.29, 1.82) is 0 Å². The minimum absolute atomic E-state index is 0.0199. The fourth-order valence-electron chi connectivity index (χ4n) is 1.58. The number of carbonyl (C=O) groups is 2. The van der Waals surface area contributed by atoms with E-state index in [1.807, 2.05) is 24.3 Å². The average molecular weight is 280 g/mol. The number of urea groups is 1. The Bertz CT molecular complexity index is 445. The van der Waals surface area contributed by atoms with E-state index < -0.39 is 12.1 Å². The molecule has 6 nitrogen and oxygen atoms in total. The summed E-state index contributed by atoms with van der Waals surface area (Å²) in [5.41, 5.74) is 2.23. The molecule has 1 atom stereocenters. The van der Waals surface area contributed by atoms with E-state index in [0.29, 0.717) is 6.54 Å². The fraction of sp³-hybridized carbons (Fsp3) is 0.429. The van der Waals surface area contributed by atoms with Crippen LogP contribution in [0, 0.1) is 0 Å². The predicted octanol–water partition coefficient (Wildman–Crippen LogP) is 0.884. The maximum absolute atomic E-state index is 11.4. The van der Waals surface area contributed by atoms with Crippen LogP contribution in [0.2, 0.25) is 0 Å². The van der Waals surface area contributed by atoms with Gasteiger partial charge in [0.25, 0.3) is 0 Å². The van der Waals surface area contributed by atoms with Crippen LogP contribution in [0.1, 0.15) is 24.5 Å². The zero-order valence-electron chi connectivity index (χ0n) is 11.4. The molecular formula is C14H20N2O4. The minimum Gasteiger partial charge on any atom is -0.479 e. The lowest BCUT2D eigenvalue weighted by Gasteiger charge is -2.09. The number of carbonyl (C=O) groups excluding carboxylic acids is 1. The standard InChI is InChI=1S/C14H20N2O4/c1-2-10-3-5-11(6-4-10)9-16-14(20)15-8-7-12(17)13(18)19/h3-6,12,17H,2,7-9H2,1H3,(H,18,19)(H2,15,16,20)/t12-/m0/s1. The third kappa shape index (κ3) is 5.71. The summed E-state index contributed by atoms with van der Waals surface area (Å²) >= 11 is 0. The Morgan fingerprint density at radius 2 is 1.75 bits per heavy atom. The number of benzene rings is 1. The van der Waals surface area contributed by atoms with E-state index in [9.17, 15) is 9.59 Å². The third-order valence-electron chi connectivity index (χ3n) is 2.87. The third-order valence-corrected chi connectivity index (χ3v) is 2.87. The second-order valence-corrected chi connectivity index (χ2v) is 4.42. The number of nitrogens with one attached hydrogen (secondary N) is 2. The van der Waals surface area contributed by atoms with Gasteiger partial charge in [-0.15, -0.1) is 0 Å². The molecule has 0 heterocycles. The van der Waals surface area contributed by atoms with Crippen LogP contribution in [0.15, 0.2) is 24.3 Å². The van der Waals surface area contributed by atoms with Crippen molar-refractivity contribution in [1.82, 2.24) is 10.6 Å². The van der Waals surface area contributed by atoms with Crippen molar-refractivity contribution in [2.75, 3.05) is 6.54 Å². The Labute approximate surface area is 117 Å². The number of carboxylic acids is 1. The molecule has 1 aromatic rings. The van der Waals surface area contributed by atoms with Crippen LogP contribution in [0.3, 0.4) is 0 Å². The first-order valence-electron chi connectivity index (χ1n) is 6.53. The Morgan fingerprint density at radius 1 is 1.15 bits per heavy atom. The van der Waals surface area contributed by atoms with E-state index in [2.05, 4.69) is 17.6 Å². The highest BCUT2D eigenvalue weighted by molar-refractivity contribution is 5.74. The number of amides is 2. The van der Waals surface area contributed by atoms with Crippen molar-refractivity contribution >= 4 is 12.0 Å². The lowest BCUT2D eigenvalue weighted by atomic mass is 10.1. The van der Waals surface area contributed by atoms with Crippen LogP contribution in [0.5, 0.6) is 0 Å². The number of aliphatic carboxylic acids is 1. The van der Waals surface area contributed by atoms with E-state index in [-0.39, 0.29) is 19.0 Å². The zero-order valence-corrected chi connectivity index (χ0v) is 11.4. The molecule has 20 heavy (non-hydrogen) atoms. The quantitative estimate of drug-likeness (QED) is 0.596. The summed E-state index contributed by atoms with van der Waals surface area (Å²) in [7, 11) is 0. The van der Waals surface area contributed by atoms with E-state index in [0.717, 1.165) is 12.0 Å². The molecule has 0 radical (unpaired) electrons. The van der Waals surface area contributed by atoms with Gasteiger partial charge < -0.3 is 20.8 Å². The summed E-state index contributed by atoms with van der Waals surface area (Å²) in [6.07, 6.45) is -0.495. The van der Waals surface area contributed by atoms with Gasteiger partial charge in [0.2, 0.25) is 0 Å². The Balaban J connectivity index is 2.23. The molecular weight excluding hydrogens is 260 g/mol. The van der Waals surface area contributed by atoms with E-state index in [1.54, 1.807) is 0 Å². The van der Waals surface area contributed by atoms with Gasteiger partial charge in [-0.25, -0.2) is 9.59 Å². The molecule has 110 valence electrons. The molecule has 2 amide bonds. The molecule has 1 aromatic carbocycles. The van der Waals surface area contributed by atoms with Crippen molar-refractivity contribution in [3.05, 3.63) is 35.4 Å². The average Bonchev–Trinajstić information content (AvgIpc) is 2.45. The summed E-state index contributed by atoms with van der Waals surface area (Å²) < 4.78 is 0. The number of hydrogen-bond donors (Lipinski definition) is 4. The minimum atomic E-state index is -1.45. The van der Waals surface area contributed by atoms with E-state index in [1.165, 1.54) is 5.56 Å². The molecule has 0 aromatic heterocycles. The molecule has 0 spiro atoms. The topological polar surface area (TPSA) is 98.7 Å². The summed E-state index contributed by atoms with van der Waals surface area (Å²) in [6.45, 7) is 2.58. The SMILES string of the molecule is CCc1ccc(CNC(=O)NCC[C@H](O)C(=O)O)cc1. The smallest absolute Gasteiger partial charge is 0.332 e. The van der Waals surface area contributed by atoms with Gasteiger partial charge in [-0.3, -0.25) is 0 Å². The van der Waals surface area contributed by atoms with Gasteiger partial charge in [-0.2, -0.15) is 0 Å². The van der Waals surface area contributed by atoms with Gasteiger partial charge in [0.05, 0.1) is 0 Å². The molecule has 0 aliphatic heterocycles. The van der Waals surface area contributed by atoms with E-state index in [4.69, 9.17) is 10.2 Å². The molecule has 0 aliphatic rings. The molecule has 4 N–H and O–H groups in total. The molecule has 0 unspecified atom stereocenters. The maximum Gasteiger partial charge on any atom is 0.332 e. The molecule has 1 rings (SSSR count). The number of aryl methyl sites for hydroxylation is 1. The van der Waals surface area contributed by atoms with Crippen molar-refractivity contribution in [3.63, 3.8) is 0 Å². The highest BCUT2D eigenvalue weighted by Gasteiger charge is 2.12. The van der Waals surface area contributed by atoms with Gasteiger partial charge in [0.1, 0.15) is 0 Å². The van der Waals surface area contributed by atoms with Gasteiger partial charge in [0, 0.05) is 19.5 Å². The highest BCUT2D eigenvalue weighted by atomic mass is 16.4. The number of aliphatic hydroxyl groups excluding tert-OH is 1. The summed E-state index contributed by atoms with van der Waals surface area (Å²) in [5.74, 6) is -1.29. The van der Waals surface area contributed by atoms with Gasteiger partial charge in [-0.05, 0) is 17.5 Å². The molecule has 0 aliphatic carbocycles. The lowest BCUT2D eigenvalue weighted by Crippen LogP contribution is -2.37. The molecule has 6 heteroatoms. The van der Waals surface area contributed by atoms with Crippen molar-refractivity contribution in [3.8, 4) is 0 Å². The number of rotatable bonds is 7. The first kappa shape index (κ1) is 16.0. The second kappa shape index (κ2) is 8.16. The summed E-state index contributed by atoms with van der Waals surface area (Å²) in [4.78, 5) is 21.8. The van der Waals surface area contributed by atoms with Crippen molar-refractivity contribution in [2.45, 2.75) is 32.4 Å². The van der Waals surface area contributed by atoms with Gasteiger partial charge >= 0.3 is 12.0 Å². The van der Waals surface area contributed by atoms with Gasteiger partial charge in [0.15, 0.2) is 6.10 Å². The number of aliphatic hydroxyl groups is 1. The molecule has 0 fully saturated rings. The van der Waals surface area contributed by atoms with Crippen LogP contribution in [-0.2, 0) is 17.8 Å². The van der Waals surface area contributed by atoms with Crippen molar-refractivity contribution < 1.29 is 19.8 Å². The van der Waals surface area contributed by atoms with Crippen LogP contribution < -0.4 is 10.6 Å². The first-order valence-corrected chi connectivity index (χ1v) is 6.53. The predicted molar refractivity (Wildman–Crippen MR) is 74.3 cm³/mol. The Morgan fingerprint density at radius 3 is 2.30 bits per heavy atom. The normalized spacial score (nSPS) is 11.7. The monoisotopic (exact) mass is 280 g/mol. The molecule has 0 bridgehead atoms. The molecule has 0 saturated heterocycles. The first-order chi connectivity index (χ1) is 9.52. The highest BCUT2D eigenvalue weighted by Crippen LogP contribution is 2.04. The summed E-state index contributed by atoms with van der Waals surface area (Å²) in [6, 6.07) is 7.54. The van der Waals surface area contributed by atoms with Gasteiger partial charge in [-0.1, -0.05) is 31.2 Å². The number of carboxylic acid groups (broad SMARTS) is 1. The fourth-order valence-corrected chi connectivity index (χ4v) is 1.58. The van der Waals surface area contributed by atoms with Crippen LogP contribution in [0.4, 0.5) is 4.79 Å². The van der Waals surface area contributed by atoms with Crippen molar-refractivity contribution in [2.24, 2.45) is 0 Å². The van der Waals surface area contributed by atoms with Crippen LogP contribution in [0.25, 0.3) is 0 Å². The number of hydrogen-bond acceptors (Lipinski definition) is 3. The Kier molecular flexibility index (Phi) is 6.52. The Hall–Kier alpha value is -2.08. The molecule has 0 saturated carbocycles. The second-order valence-electron chi connectivity index (χ2n) is 4.42. The largest absolute Gasteiger partial charge is 0.479 e. The zero-order chi connectivity index (χ0) is 15.0. The van der Waals surface area contributed by atoms with Crippen LogP contribution in [-0.4, -0.2) is 34.9 Å². The van der Waals surface area contributed by atoms with E-state index >= 15 is 0 Å². The summed E-state index contributed by atoms with van der Waals surface area (Å²) in [5, 5.41) is 22.6. The van der Waals surface area contributed by atoms with Crippen LogP contribution >= 0.6 is 0 Å². The lowest BCUT2D eigenvalue weighted by molar-refractivity contribution is -0.146.